The lowest BCUT2D eigenvalue weighted by molar-refractivity contribution is 0.112. The monoisotopic (exact) mass is 539 g/mol. The second-order valence-corrected chi connectivity index (χ2v) is 8.94. The number of likely N-dealkylation sites (N-methyl/N-ethyl adjacent to an activating group) is 1. The first kappa shape index (κ1) is 31.4. The molecular formula is C30H38FN3O5. The van der Waals surface area contributed by atoms with Gasteiger partial charge in [-0.2, -0.15) is 4.98 Å². The maximum absolute atomic E-state index is 13.9. The zero-order chi connectivity index (χ0) is 28.8. The van der Waals surface area contributed by atoms with Gasteiger partial charge in [-0.1, -0.05) is 32.0 Å². The molecule has 0 aliphatic heterocycles. The lowest BCUT2D eigenvalue weighted by Gasteiger charge is -2.20. The van der Waals surface area contributed by atoms with Crippen molar-refractivity contribution in [3.8, 4) is 17.1 Å². The van der Waals surface area contributed by atoms with Gasteiger partial charge in [0.2, 0.25) is 11.7 Å². The first-order chi connectivity index (χ1) is 18.8. The van der Waals surface area contributed by atoms with Crippen LogP contribution < -0.4 is 10.1 Å². The van der Waals surface area contributed by atoms with Gasteiger partial charge < -0.3 is 24.4 Å². The van der Waals surface area contributed by atoms with Gasteiger partial charge in [0.1, 0.15) is 17.3 Å². The third kappa shape index (κ3) is 9.46. The smallest absolute Gasteiger partial charge is 0.229 e. The average molecular weight is 540 g/mol. The van der Waals surface area contributed by atoms with Crippen LogP contribution in [0.4, 0.5) is 4.39 Å². The molecule has 1 unspecified atom stereocenters. The first-order valence-electron chi connectivity index (χ1n) is 12.9. The van der Waals surface area contributed by atoms with Crippen molar-refractivity contribution < 1.29 is 28.3 Å². The van der Waals surface area contributed by atoms with Gasteiger partial charge in [-0.15, -0.1) is 0 Å². The number of hydrogen-bond donors (Lipinski definition) is 2. The number of carbonyl (C=O) groups excluding carboxylic acids is 1. The van der Waals surface area contributed by atoms with Crippen molar-refractivity contribution in [1.29, 1.82) is 0 Å². The van der Waals surface area contributed by atoms with Crippen LogP contribution >= 0.6 is 0 Å². The predicted octanol–water partition coefficient (Wildman–Crippen LogP) is 6.15. The minimum absolute atomic E-state index is 0.0248. The Labute approximate surface area is 229 Å². The molecule has 0 bridgehead atoms. The first-order valence-corrected chi connectivity index (χ1v) is 12.9. The molecule has 0 amide bonds. The molecule has 0 radical (unpaired) electrons. The third-order valence-electron chi connectivity index (χ3n) is 5.62. The third-order valence-corrected chi connectivity index (χ3v) is 5.62. The van der Waals surface area contributed by atoms with E-state index in [2.05, 4.69) is 15.5 Å². The number of aliphatic hydroxyl groups is 1. The van der Waals surface area contributed by atoms with E-state index in [1.54, 1.807) is 19.4 Å². The Morgan fingerprint density at radius 3 is 2.41 bits per heavy atom. The quantitative estimate of drug-likeness (QED) is 0.209. The van der Waals surface area contributed by atoms with Crippen molar-refractivity contribution in [2.45, 2.75) is 53.1 Å². The van der Waals surface area contributed by atoms with E-state index in [1.165, 1.54) is 12.1 Å². The zero-order valence-corrected chi connectivity index (χ0v) is 23.4. The van der Waals surface area contributed by atoms with Gasteiger partial charge in [0.25, 0.3) is 0 Å². The van der Waals surface area contributed by atoms with Crippen molar-refractivity contribution >= 4 is 11.9 Å². The number of benzene rings is 2. The van der Waals surface area contributed by atoms with Gasteiger partial charge in [0.05, 0.1) is 18.4 Å². The number of nitrogens with one attached hydrogen (secondary N) is 1. The average Bonchev–Trinajstić information content (AvgIpc) is 3.44. The summed E-state index contributed by atoms with van der Waals surface area (Å²) in [4.78, 5) is 15.2. The highest BCUT2D eigenvalue weighted by Crippen LogP contribution is 2.25. The molecule has 0 spiro atoms. The Balaban J connectivity index is 0.000000976. The van der Waals surface area contributed by atoms with Crippen molar-refractivity contribution in [3.63, 3.8) is 0 Å². The number of allylic oxidation sites excluding steroid dienone is 2. The molecule has 0 saturated heterocycles. The summed E-state index contributed by atoms with van der Waals surface area (Å²) in [6, 6.07) is 11.9. The molecular weight excluding hydrogens is 501 g/mol. The zero-order valence-electron chi connectivity index (χ0n) is 23.4. The molecule has 1 heterocycles. The summed E-state index contributed by atoms with van der Waals surface area (Å²) in [7, 11) is 1.80. The topological polar surface area (TPSA) is 107 Å². The molecule has 8 nitrogen and oxygen atoms in total. The minimum Gasteiger partial charge on any atom is -0.483 e. The normalized spacial score (nSPS) is 12.5. The highest BCUT2D eigenvalue weighted by molar-refractivity contribution is 5.76. The number of aldehydes is 1. The van der Waals surface area contributed by atoms with Gasteiger partial charge in [-0.25, -0.2) is 4.39 Å². The number of ether oxygens (including phenoxy) is 2. The van der Waals surface area contributed by atoms with Crippen LogP contribution in [0.15, 0.2) is 65.1 Å². The molecule has 9 heteroatoms. The van der Waals surface area contributed by atoms with Crippen molar-refractivity contribution in [3.05, 3.63) is 83.4 Å². The van der Waals surface area contributed by atoms with Crippen LogP contribution in [0.25, 0.3) is 17.0 Å². The Morgan fingerprint density at radius 2 is 1.92 bits per heavy atom. The van der Waals surface area contributed by atoms with Gasteiger partial charge in [0, 0.05) is 18.0 Å². The highest BCUT2D eigenvalue weighted by atomic mass is 19.1. The molecule has 3 aromatic rings. The lowest BCUT2D eigenvalue weighted by atomic mass is 10.1. The maximum Gasteiger partial charge on any atom is 0.229 e. The van der Waals surface area contributed by atoms with Crippen LogP contribution in [0, 0.1) is 5.82 Å². The van der Waals surface area contributed by atoms with E-state index in [-0.39, 0.29) is 24.2 Å². The molecule has 210 valence electrons. The number of nitrogens with zero attached hydrogens (tertiary/aromatic N) is 2. The summed E-state index contributed by atoms with van der Waals surface area (Å²) in [6.07, 6.45) is 4.26. The number of halogens is 1. The molecule has 0 aliphatic rings. The van der Waals surface area contributed by atoms with Crippen LogP contribution in [0.2, 0.25) is 0 Å². The summed E-state index contributed by atoms with van der Waals surface area (Å²) in [5, 5.41) is 14.8. The van der Waals surface area contributed by atoms with E-state index >= 15 is 0 Å². The summed E-state index contributed by atoms with van der Waals surface area (Å²) in [6.45, 7) is 10.6. The Kier molecular flexibility index (Phi) is 13.1. The van der Waals surface area contributed by atoms with Crippen molar-refractivity contribution in [2.75, 3.05) is 20.2 Å². The fraction of sp³-hybridized carbons (Fsp3) is 0.367. The Bertz CT molecular complexity index is 1230. The number of aromatic nitrogens is 2. The van der Waals surface area contributed by atoms with E-state index in [0.717, 1.165) is 11.1 Å². The fourth-order valence-electron chi connectivity index (χ4n) is 3.31. The highest BCUT2D eigenvalue weighted by Gasteiger charge is 2.16. The standard InChI is InChI=1S/C27H29FN2O4.C3H9NO/c1-6-24(32-16-18(5)20-8-9-21(15-31)23(28)14-20)25(7-2)33-22-12-10-19(11-13-22)26-29-27(17(3)4)34-30-26;1-4-2-3-5/h6,8-17,25H,7H2,1-5H3;4-5H,2-3H2,1H3/b18-16+,24-6+;. The van der Waals surface area contributed by atoms with Gasteiger partial charge in [-0.05, 0) is 80.9 Å². The predicted molar refractivity (Wildman–Crippen MR) is 150 cm³/mol. The van der Waals surface area contributed by atoms with Crippen molar-refractivity contribution in [1.82, 2.24) is 15.5 Å². The second kappa shape index (κ2) is 16.2. The number of carbonyl (C=O) groups is 1. The SMILES string of the molecule is C/C=C(/O/C=C(\C)c1ccc(C=O)c(F)c1)C(CC)Oc1ccc(-c2noc(C(C)C)n2)cc1.CNCCO. The fourth-order valence-corrected chi connectivity index (χ4v) is 3.31. The molecule has 39 heavy (non-hydrogen) atoms. The van der Waals surface area contributed by atoms with Crippen LogP contribution in [0.5, 0.6) is 5.75 Å². The minimum atomic E-state index is -0.564. The second-order valence-electron chi connectivity index (χ2n) is 8.94. The Hall–Kier alpha value is -3.82. The summed E-state index contributed by atoms with van der Waals surface area (Å²) in [5.74, 6) is 2.06. The number of rotatable bonds is 12. The molecule has 1 atom stereocenters. The molecule has 0 saturated carbocycles. The van der Waals surface area contributed by atoms with Crippen molar-refractivity contribution in [2.24, 2.45) is 0 Å². The van der Waals surface area contributed by atoms with Crippen LogP contribution in [-0.2, 0) is 4.74 Å². The summed E-state index contributed by atoms with van der Waals surface area (Å²) in [5.41, 5.74) is 2.21. The Morgan fingerprint density at radius 1 is 1.21 bits per heavy atom. The summed E-state index contributed by atoms with van der Waals surface area (Å²) >= 11 is 0. The largest absolute Gasteiger partial charge is 0.483 e. The van der Waals surface area contributed by atoms with Crippen LogP contribution in [-0.4, -0.2) is 47.8 Å². The van der Waals surface area contributed by atoms with E-state index in [4.69, 9.17) is 19.1 Å². The molecule has 2 N–H and O–H groups in total. The molecule has 0 fully saturated rings. The van der Waals surface area contributed by atoms with Crippen LogP contribution in [0.1, 0.15) is 68.8 Å². The molecule has 1 aromatic heterocycles. The number of hydrogen-bond acceptors (Lipinski definition) is 8. The van der Waals surface area contributed by atoms with E-state index in [9.17, 15) is 9.18 Å². The molecule has 2 aromatic carbocycles. The number of aliphatic hydroxyl groups excluding tert-OH is 1. The van der Waals surface area contributed by atoms with Gasteiger partial charge in [-0.3, -0.25) is 4.79 Å². The molecule has 3 rings (SSSR count). The summed E-state index contributed by atoms with van der Waals surface area (Å²) < 4.78 is 31.3. The van der Waals surface area contributed by atoms with E-state index in [1.807, 2.05) is 65.0 Å². The van der Waals surface area contributed by atoms with Gasteiger partial charge >= 0.3 is 0 Å². The van der Waals surface area contributed by atoms with Crippen LogP contribution in [0.3, 0.4) is 0 Å². The van der Waals surface area contributed by atoms with E-state index in [0.29, 0.717) is 48.0 Å². The van der Waals surface area contributed by atoms with Gasteiger partial charge in [0.15, 0.2) is 12.4 Å². The molecule has 0 aliphatic carbocycles. The van der Waals surface area contributed by atoms with E-state index < -0.39 is 5.82 Å². The maximum atomic E-state index is 13.9. The lowest BCUT2D eigenvalue weighted by Crippen LogP contribution is -2.19.